The van der Waals surface area contributed by atoms with Gasteiger partial charge in [0.1, 0.15) is 11.3 Å². The largest absolute Gasteiger partial charge is 0.416 e. The molecule has 0 bridgehead atoms. The van der Waals surface area contributed by atoms with E-state index in [1.807, 2.05) is 9.95 Å². The fourth-order valence-electron chi connectivity index (χ4n) is 2.33. The van der Waals surface area contributed by atoms with E-state index in [4.69, 9.17) is 4.74 Å². The maximum Gasteiger partial charge on any atom is 0.416 e. The van der Waals surface area contributed by atoms with E-state index >= 15 is 0 Å². The molecule has 2 aromatic heterocycles. The van der Waals surface area contributed by atoms with Crippen LogP contribution in [0.3, 0.4) is 0 Å². The summed E-state index contributed by atoms with van der Waals surface area (Å²) in [6.07, 6.45) is -1.77. The molecular weight excluding hydrogens is 397 g/mol. The number of hydrogen-bond acceptors (Lipinski definition) is 6. The number of thiazole rings is 1. The number of nitrogens with zero attached hydrogens (tertiary/aromatic N) is 4. The van der Waals surface area contributed by atoms with Gasteiger partial charge >= 0.3 is 6.18 Å². The van der Waals surface area contributed by atoms with Crippen molar-refractivity contribution in [3.05, 3.63) is 47.2 Å². The van der Waals surface area contributed by atoms with Crippen LogP contribution in [0.2, 0.25) is 0 Å². The van der Waals surface area contributed by atoms with Gasteiger partial charge < -0.3 is 9.30 Å². The SMILES string of the molecule is COCCCn1cnnc1SCc1csc(-c2ccc(C(F)(F)F)cc2)n1. The number of benzene rings is 1. The lowest BCUT2D eigenvalue weighted by atomic mass is 10.1. The summed E-state index contributed by atoms with van der Waals surface area (Å²) in [4.78, 5) is 4.52. The Morgan fingerprint density at radius 1 is 1.22 bits per heavy atom. The molecule has 144 valence electrons. The minimum atomic E-state index is -4.33. The van der Waals surface area contributed by atoms with E-state index in [9.17, 15) is 13.2 Å². The molecule has 10 heteroatoms. The molecule has 0 saturated heterocycles. The Bertz CT molecular complexity index is 862. The van der Waals surface area contributed by atoms with Crippen molar-refractivity contribution < 1.29 is 17.9 Å². The van der Waals surface area contributed by atoms with Crippen LogP contribution < -0.4 is 0 Å². The Morgan fingerprint density at radius 2 is 2.00 bits per heavy atom. The molecule has 3 aromatic rings. The summed E-state index contributed by atoms with van der Waals surface area (Å²) < 4.78 is 45.0. The summed E-state index contributed by atoms with van der Waals surface area (Å²) in [7, 11) is 1.66. The van der Waals surface area contributed by atoms with Gasteiger partial charge in [0.2, 0.25) is 0 Å². The van der Waals surface area contributed by atoms with Crippen LogP contribution >= 0.6 is 23.1 Å². The quantitative estimate of drug-likeness (QED) is 0.393. The summed E-state index contributed by atoms with van der Waals surface area (Å²) in [6.45, 7) is 1.45. The van der Waals surface area contributed by atoms with Crippen LogP contribution in [0, 0.1) is 0 Å². The van der Waals surface area contributed by atoms with E-state index in [0.717, 1.165) is 35.9 Å². The van der Waals surface area contributed by atoms with Gasteiger partial charge in [-0.1, -0.05) is 23.9 Å². The highest BCUT2D eigenvalue weighted by Crippen LogP contribution is 2.32. The number of methoxy groups -OCH3 is 1. The molecule has 0 saturated carbocycles. The highest BCUT2D eigenvalue weighted by atomic mass is 32.2. The van der Waals surface area contributed by atoms with Crippen molar-refractivity contribution >= 4 is 23.1 Å². The Kier molecular flexibility index (Phi) is 6.51. The second-order valence-electron chi connectivity index (χ2n) is 5.66. The molecule has 0 unspecified atom stereocenters. The average molecular weight is 414 g/mol. The van der Waals surface area contributed by atoms with Gasteiger partial charge in [-0.3, -0.25) is 0 Å². The van der Waals surface area contributed by atoms with Crippen molar-refractivity contribution in [2.24, 2.45) is 0 Å². The summed E-state index contributed by atoms with van der Waals surface area (Å²) in [5, 5.41) is 11.5. The van der Waals surface area contributed by atoms with Gasteiger partial charge in [-0.2, -0.15) is 13.2 Å². The van der Waals surface area contributed by atoms with E-state index in [1.165, 1.54) is 35.2 Å². The molecular formula is C17H17F3N4OS2. The van der Waals surface area contributed by atoms with Crippen LogP contribution in [0.15, 0.2) is 41.1 Å². The molecule has 5 nitrogen and oxygen atoms in total. The standard InChI is InChI=1S/C17H17F3N4OS2/c1-25-8-2-7-24-11-21-23-16(24)27-10-14-9-26-15(22-14)12-3-5-13(6-4-12)17(18,19)20/h3-6,9,11H,2,7-8,10H2,1H3. The van der Waals surface area contributed by atoms with Crippen molar-refractivity contribution in [2.45, 2.75) is 30.1 Å². The molecule has 3 rings (SSSR count). The number of halogens is 3. The van der Waals surface area contributed by atoms with Crippen LogP contribution in [-0.4, -0.2) is 33.5 Å². The van der Waals surface area contributed by atoms with Gasteiger partial charge in [-0.25, -0.2) is 4.98 Å². The molecule has 0 fully saturated rings. The van der Waals surface area contributed by atoms with E-state index in [1.54, 1.807) is 13.4 Å². The van der Waals surface area contributed by atoms with Crippen molar-refractivity contribution in [1.82, 2.24) is 19.7 Å². The van der Waals surface area contributed by atoms with Crippen LogP contribution in [0.4, 0.5) is 13.2 Å². The molecule has 0 radical (unpaired) electrons. The molecule has 0 spiro atoms. The lowest BCUT2D eigenvalue weighted by molar-refractivity contribution is -0.137. The van der Waals surface area contributed by atoms with Gasteiger partial charge in [-0.15, -0.1) is 21.5 Å². The number of aryl methyl sites for hydroxylation is 1. The first kappa shape index (κ1) is 19.8. The number of rotatable bonds is 8. The average Bonchev–Trinajstić information content (AvgIpc) is 3.29. The van der Waals surface area contributed by atoms with E-state index in [2.05, 4.69) is 15.2 Å². The topological polar surface area (TPSA) is 52.8 Å². The zero-order chi connectivity index (χ0) is 19.3. The van der Waals surface area contributed by atoms with Crippen LogP contribution in [0.1, 0.15) is 17.7 Å². The highest BCUT2D eigenvalue weighted by molar-refractivity contribution is 7.98. The number of thioether (sulfide) groups is 1. The van der Waals surface area contributed by atoms with E-state index in [0.29, 0.717) is 22.9 Å². The highest BCUT2D eigenvalue weighted by Gasteiger charge is 2.30. The minimum absolute atomic E-state index is 0.611. The Balaban J connectivity index is 1.61. The fraction of sp³-hybridized carbons (Fsp3) is 0.353. The smallest absolute Gasteiger partial charge is 0.385 e. The molecule has 0 aliphatic heterocycles. The summed E-state index contributed by atoms with van der Waals surface area (Å²) in [5.74, 6) is 0.611. The number of alkyl halides is 3. The Hall–Kier alpha value is -1.91. The van der Waals surface area contributed by atoms with Crippen molar-refractivity contribution in [3.63, 3.8) is 0 Å². The van der Waals surface area contributed by atoms with Crippen molar-refractivity contribution in [2.75, 3.05) is 13.7 Å². The molecule has 1 aromatic carbocycles. The summed E-state index contributed by atoms with van der Waals surface area (Å²) in [6, 6.07) is 5.05. The second-order valence-corrected chi connectivity index (χ2v) is 7.46. The third-order valence-electron chi connectivity index (χ3n) is 3.69. The predicted octanol–water partition coefficient (Wildman–Crippen LogP) is 4.75. The van der Waals surface area contributed by atoms with Gasteiger partial charge in [0.15, 0.2) is 5.16 Å². The molecule has 0 aliphatic carbocycles. The maximum absolute atomic E-state index is 12.7. The zero-order valence-electron chi connectivity index (χ0n) is 14.4. The van der Waals surface area contributed by atoms with Crippen molar-refractivity contribution in [3.8, 4) is 10.6 Å². The molecule has 27 heavy (non-hydrogen) atoms. The van der Waals surface area contributed by atoms with Crippen LogP contribution in [0.25, 0.3) is 10.6 Å². The van der Waals surface area contributed by atoms with Crippen molar-refractivity contribution in [1.29, 1.82) is 0 Å². The normalized spacial score (nSPS) is 11.9. The lowest BCUT2D eigenvalue weighted by Crippen LogP contribution is -2.03. The van der Waals surface area contributed by atoms with E-state index in [-0.39, 0.29) is 0 Å². The van der Waals surface area contributed by atoms with Gasteiger partial charge in [0.25, 0.3) is 0 Å². The van der Waals surface area contributed by atoms with Gasteiger partial charge in [0.05, 0.1) is 11.3 Å². The summed E-state index contributed by atoms with van der Waals surface area (Å²) in [5.41, 5.74) is 0.865. The molecule has 0 aliphatic rings. The first-order valence-electron chi connectivity index (χ1n) is 8.09. The zero-order valence-corrected chi connectivity index (χ0v) is 16.1. The Morgan fingerprint density at radius 3 is 2.70 bits per heavy atom. The van der Waals surface area contributed by atoms with E-state index < -0.39 is 11.7 Å². The third kappa shape index (κ3) is 5.30. The Labute approximate surface area is 162 Å². The predicted molar refractivity (Wildman–Crippen MR) is 98.6 cm³/mol. The van der Waals surface area contributed by atoms with Crippen LogP contribution in [-0.2, 0) is 23.2 Å². The molecule has 0 N–H and O–H groups in total. The summed E-state index contributed by atoms with van der Waals surface area (Å²) >= 11 is 2.93. The molecule has 2 heterocycles. The first-order valence-corrected chi connectivity index (χ1v) is 9.95. The number of ether oxygens (including phenoxy) is 1. The first-order chi connectivity index (χ1) is 13.0. The molecule has 0 amide bonds. The number of hydrogen-bond donors (Lipinski definition) is 0. The fourth-order valence-corrected chi connectivity index (χ4v) is 4.10. The maximum atomic E-state index is 12.7. The van der Waals surface area contributed by atoms with Gasteiger partial charge in [-0.05, 0) is 18.6 Å². The second kappa shape index (κ2) is 8.85. The monoisotopic (exact) mass is 414 g/mol. The third-order valence-corrected chi connectivity index (χ3v) is 5.64. The number of aromatic nitrogens is 4. The van der Waals surface area contributed by atoms with Crippen LogP contribution in [0.5, 0.6) is 0 Å². The molecule has 0 atom stereocenters. The lowest BCUT2D eigenvalue weighted by Gasteiger charge is -2.06. The van der Waals surface area contributed by atoms with Gasteiger partial charge in [0, 0.05) is 37.0 Å². The minimum Gasteiger partial charge on any atom is -0.385 e.